The van der Waals surface area contributed by atoms with Gasteiger partial charge in [-0.2, -0.15) is 0 Å². The van der Waals surface area contributed by atoms with Gasteiger partial charge in [-0.3, -0.25) is 4.79 Å². The van der Waals surface area contributed by atoms with Crippen molar-refractivity contribution in [1.82, 2.24) is 4.90 Å². The monoisotopic (exact) mass is 199 g/mol. The fourth-order valence-electron chi connectivity index (χ4n) is 1.62. The molecule has 1 heterocycles. The maximum Gasteiger partial charge on any atom is 0.228 e. The Labute approximate surface area is 86.4 Å². The van der Waals surface area contributed by atoms with Crippen LogP contribution < -0.4 is 0 Å². The van der Waals surface area contributed by atoms with E-state index in [0.29, 0.717) is 6.61 Å². The van der Waals surface area contributed by atoms with E-state index in [9.17, 15) is 4.79 Å². The Morgan fingerprint density at radius 1 is 1.36 bits per heavy atom. The van der Waals surface area contributed by atoms with E-state index in [2.05, 4.69) is 0 Å². The van der Waals surface area contributed by atoms with Gasteiger partial charge in [-0.1, -0.05) is 20.8 Å². The van der Waals surface area contributed by atoms with Crippen LogP contribution in [0.2, 0.25) is 0 Å². The molecule has 1 rings (SSSR count). The predicted molar refractivity (Wildman–Crippen MR) is 56.0 cm³/mol. The maximum atomic E-state index is 12.0. The molecule has 1 fully saturated rings. The van der Waals surface area contributed by atoms with Gasteiger partial charge >= 0.3 is 0 Å². The van der Waals surface area contributed by atoms with Crippen molar-refractivity contribution in [3.05, 3.63) is 0 Å². The van der Waals surface area contributed by atoms with E-state index in [0.717, 1.165) is 6.54 Å². The number of amides is 1. The number of nitrogens with zero attached hydrogens (tertiary/aromatic N) is 1. The van der Waals surface area contributed by atoms with Gasteiger partial charge in [0.1, 0.15) is 0 Å². The SMILES string of the molecule is C[C@@H]1CN(C(=O)C(C)(C)C)[C@H](C)CO1. The highest BCUT2D eigenvalue weighted by Crippen LogP contribution is 2.22. The summed E-state index contributed by atoms with van der Waals surface area (Å²) in [6, 6.07) is 0.206. The summed E-state index contributed by atoms with van der Waals surface area (Å²) in [4.78, 5) is 14.0. The fourth-order valence-corrected chi connectivity index (χ4v) is 1.62. The van der Waals surface area contributed by atoms with Crippen molar-refractivity contribution in [1.29, 1.82) is 0 Å². The summed E-state index contributed by atoms with van der Waals surface area (Å²) in [7, 11) is 0. The van der Waals surface area contributed by atoms with E-state index in [-0.39, 0.29) is 23.5 Å². The van der Waals surface area contributed by atoms with E-state index in [1.165, 1.54) is 0 Å². The first-order valence-corrected chi connectivity index (χ1v) is 5.25. The molecule has 3 heteroatoms. The topological polar surface area (TPSA) is 29.5 Å². The molecule has 14 heavy (non-hydrogen) atoms. The van der Waals surface area contributed by atoms with Gasteiger partial charge in [0, 0.05) is 12.0 Å². The van der Waals surface area contributed by atoms with Crippen molar-refractivity contribution in [3.8, 4) is 0 Å². The van der Waals surface area contributed by atoms with Crippen molar-refractivity contribution in [2.45, 2.75) is 46.8 Å². The molecule has 0 unspecified atom stereocenters. The van der Waals surface area contributed by atoms with Crippen molar-refractivity contribution in [2.24, 2.45) is 5.41 Å². The highest BCUT2D eigenvalue weighted by atomic mass is 16.5. The Balaban J connectivity index is 2.70. The van der Waals surface area contributed by atoms with Gasteiger partial charge in [0.15, 0.2) is 0 Å². The number of carbonyl (C=O) groups is 1. The van der Waals surface area contributed by atoms with Gasteiger partial charge in [0.05, 0.1) is 18.8 Å². The maximum absolute atomic E-state index is 12.0. The summed E-state index contributed by atoms with van der Waals surface area (Å²) in [5.74, 6) is 0.222. The minimum atomic E-state index is -0.286. The molecule has 0 aromatic carbocycles. The number of hydrogen-bond acceptors (Lipinski definition) is 2. The number of morpholine rings is 1. The van der Waals surface area contributed by atoms with Crippen LogP contribution in [0.25, 0.3) is 0 Å². The molecule has 0 aromatic heterocycles. The average molecular weight is 199 g/mol. The number of carbonyl (C=O) groups excluding carboxylic acids is 1. The number of hydrogen-bond donors (Lipinski definition) is 0. The zero-order valence-corrected chi connectivity index (χ0v) is 9.83. The highest BCUT2D eigenvalue weighted by Gasteiger charge is 2.33. The van der Waals surface area contributed by atoms with E-state index in [4.69, 9.17) is 4.74 Å². The van der Waals surface area contributed by atoms with Crippen LogP contribution in [0.3, 0.4) is 0 Å². The molecule has 1 amide bonds. The Morgan fingerprint density at radius 3 is 2.43 bits per heavy atom. The van der Waals surface area contributed by atoms with Gasteiger partial charge in [-0.15, -0.1) is 0 Å². The van der Waals surface area contributed by atoms with Gasteiger partial charge < -0.3 is 9.64 Å². The van der Waals surface area contributed by atoms with Crippen LogP contribution in [-0.2, 0) is 9.53 Å². The molecule has 0 N–H and O–H groups in total. The second-order valence-corrected chi connectivity index (χ2v) is 5.20. The molecule has 0 aliphatic carbocycles. The second kappa shape index (κ2) is 3.89. The van der Waals surface area contributed by atoms with Crippen LogP contribution in [0.4, 0.5) is 0 Å². The average Bonchev–Trinajstić information content (AvgIpc) is 2.06. The summed E-state index contributed by atoms with van der Waals surface area (Å²) in [6.45, 7) is 11.3. The van der Waals surface area contributed by atoms with E-state index < -0.39 is 0 Å². The van der Waals surface area contributed by atoms with Crippen LogP contribution in [0.15, 0.2) is 0 Å². The molecule has 0 spiro atoms. The Hall–Kier alpha value is -0.570. The van der Waals surface area contributed by atoms with Crippen molar-refractivity contribution in [2.75, 3.05) is 13.2 Å². The zero-order chi connectivity index (χ0) is 10.9. The molecule has 1 aliphatic heterocycles. The smallest absolute Gasteiger partial charge is 0.228 e. The number of ether oxygens (including phenoxy) is 1. The largest absolute Gasteiger partial charge is 0.375 e. The molecule has 2 atom stereocenters. The minimum Gasteiger partial charge on any atom is -0.375 e. The summed E-state index contributed by atoms with van der Waals surface area (Å²) < 4.78 is 5.49. The minimum absolute atomic E-state index is 0.164. The van der Waals surface area contributed by atoms with Crippen LogP contribution in [-0.4, -0.2) is 36.1 Å². The third-order valence-electron chi connectivity index (χ3n) is 2.51. The van der Waals surface area contributed by atoms with Crippen LogP contribution >= 0.6 is 0 Å². The first-order chi connectivity index (χ1) is 6.32. The van der Waals surface area contributed by atoms with E-state index in [1.807, 2.05) is 39.5 Å². The third kappa shape index (κ3) is 2.47. The number of rotatable bonds is 0. The molecule has 82 valence electrons. The Kier molecular flexibility index (Phi) is 3.20. The van der Waals surface area contributed by atoms with Crippen LogP contribution in [0.5, 0.6) is 0 Å². The Bertz CT molecular complexity index is 220. The molecule has 0 bridgehead atoms. The summed E-state index contributed by atoms with van der Waals surface area (Å²) in [6.07, 6.45) is 0.164. The Morgan fingerprint density at radius 2 is 1.93 bits per heavy atom. The zero-order valence-electron chi connectivity index (χ0n) is 9.83. The molecule has 0 saturated carbocycles. The first kappa shape index (κ1) is 11.5. The quantitative estimate of drug-likeness (QED) is 0.594. The van der Waals surface area contributed by atoms with Crippen molar-refractivity contribution >= 4 is 5.91 Å². The predicted octanol–water partition coefficient (Wildman–Crippen LogP) is 1.67. The van der Waals surface area contributed by atoms with Gasteiger partial charge in [0.25, 0.3) is 0 Å². The van der Waals surface area contributed by atoms with E-state index >= 15 is 0 Å². The van der Waals surface area contributed by atoms with E-state index in [1.54, 1.807) is 0 Å². The van der Waals surface area contributed by atoms with Crippen LogP contribution in [0, 0.1) is 5.41 Å². The second-order valence-electron chi connectivity index (χ2n) is 5.20. The lowest BCUT2D eigenvalue weighted by molar-refractivity contribution is -0.151. The highest BCUT2D eigenvalue weighted by molar-refractivity contribution is 5.81. The third-order valence-corrected chi connectivity index (χ3v) is 2.51. The molecule has 0 aromatic rings. The molecular formula is C11H21NO2. The summed E-state index contributed by atoms with van der Waals surface area (Å²) >= 11 is 0. The standard InChI is InChI=1S/C11H21NO2/c1-8-7-14-9(2)6-12(8)10(13)11(3,4)5/h8-9H,6-7H2,1-5H3/t8-,9-/m1/s1. The van der Waals surface area contributed by atoms with Crippen molar-refractivity contribution in [3.63, 3.8) is 0 Å². The van der Waals surface area contributed by atoms with Gasteiger partial charge in [0.2, 0.25) is 5.91 Å². The fraction of sp³-hybridized carbons (Fsp3) is 0.909. The van der Waals surface area contributed by atoms with Crippen molar-refractivity contribution < 1.29 is 9.53 Å². The first-order valence-electron chi connectivity index (χ1n) is 5.25. The summed E-state index contributed by atoms with van der Waals surface area (Å²) in [5, 5.41) is 0. The molecule has 0 radical (unpaired) electrons. The normalized spacial score (nSPS) is 29.1. The van der Waals surface area contributed by atoms with Gasteiger partial charge in [-0.05, 0) is 13.8 Å². The lowest BCUT2D eigenvalue weighted by Crippen LogP contribution is -2.53. The lowest BCUT2D eigenvalue weighted by atomic mass is 9.93. The summed E-state index contributed by atoms with van der Waals surface area (Å²) in [5.41, 5.74) is -0.286. The molecule has 1 aliphatic rings. The molecule has 3 nitrogen and oxygen atoms in total. The van der Waals surface area contributed by atoms with Gasteiger partial charge in [-0.25, -0.2) is 0 Å². The lowest BCUT2D eigenvalue weighted by Gasteiger charge is -2.40. The molecular weight excluding hydrogens is 178 g/mol. The molecule has 1 saturated heterocycles. The van der Waals surface area contributed by atoms with Crippen LogP contribution in [0.1, 0.15) is 34.6 Å².